The van der Waals surface area contributed by atoms with Crippen LogP contribution in [0.1, 0.15) is 38.5 Å². The lowest BCUT2D eigenvalue weighted by atomic mass is 10.0. The maximum atomic E-state index is 3.64. The van der Waals surface area contributed by atoms with Crippen molar-refractivity contribution in [3.8, 4) is 0 Å². The van der Waals surface area contributed by atoms with E-state index in [0.29, 0.717) is 0 Å². The van der Waals surface area contributed by atoms with Crippen LogP contribution in [-0.2, 0) is 0 Å². The van der Waals surface area contributed by atoms with Crippen molar-refractivity contribution in [2.24, 2.45) is 5.92 Å². The Bertz CT molecular complexity index is 571. The first-order valence-corrected chi connectivity index (χ1v) is 8.54. The van der Waals surface area contributed by atoms with Crippen LogP contribution in [0.3, 0.4) is 0 Å². The summed E-state index contributed by atoms with van der Waals surface area (Å²) in [7, 11) is 0. The van der Waals surface area contributed by atoms with E-state index in [2.05, 4.69) is 57.6 Å². The standard InChI is InChI=1S/C18H22BrN/c19-17-9-7-16-12-18(10-8-15(16)11-17)20-13-14-5-3-1-2-4-6-14/h7-12,14,20H,1-6,13H2. The van der Waals surface area contributed by atoms with Crippen molar-refractivity contribution in [3.05, 3.63) is 40.9 Å². The van der Waals surface area contributed by atoms with Crippen molar-refractivity contribution in [1.82, 2.24) is 0 Å². The normalized spacial score (nSPS) is 17.1. The molecule has 0 spiro atoms. The zero-order chi connectivity index (χ0) is 13.8. The van der Waals surface area contributed by atoms with Crippen LogP contribution in [0.2, 0.25) is 0 Å². The smallest absolute Gasteiger partial charge is 0.0346 e. The van der Waals surface area contributed by atoms with Crippen molar-refractivity contribution in [1.29, 1.82) is 0 Å². The molecule has 0 amide bonds. The summed E-state index contributed by atoms with van der Waals surface area (Å²) in [5.74, 6) is 0.859. The van der Waals surface area contributed by atoms with Crippen LogP contribution in [0.25, 0.3) is 10.8 Å². The highest BCUT2D eigenvalue weighted by atomic mass is 79.9. The molecule has 0 bridgehead atoms. The van der Waals surface area contributed by atoms with Gasteiger partial charge in [0, 0.05) is 16.7 Å². The van der Waals surface area contributed by atoms with Crippen LogP contribution in [0, 0.1) is 5.92 Å². The summed E-state index contributed by atoms with van der Waals surface area (Å²) in [4.78, 5) is 0. The number of hydrogen-bond acceptors (Lipinski definition) is 1. The lowest BCUT2D eigenvalue weighted by Gasteiger charge is -2.16. The van der Waals surface area contributed by atoms with E-state index in [1.807, 2.05) is 0 Å². The molecule has 0 radical (unpaired) electrons. The van der Waals surface area contributed by atoms with Gasteiger partial charge in [-0.15, -0.1) is 0 Å². The molecule has 0 aromatic heterocycles. The van der Waals surface area contributed by atoms with Crippen molar-refractivity contribution in [2.75, 3.05) is 11.9 Å². The van der Waals surface area contributed by atoms with E-state index in [1.165, 1.54) is 55.0 Å². The zero-order valence-electron chi connectivity index (χ0n) is 11.9. The Morgan fingerprint density at radius 1 is 0.900 bits per heavy atom. The molecular weight excluding hydrogens is 310 g/mol. The first-order chi connectivity index (χ1) is 9.81. The summed E-state index contributed by atoms with van der Waals surface area (Å²) in [5, 5.41) is 6.23. The molecule has 1 fully saturated rings. The fourth-order valence-electron chi connectivity index (χ4n) is 3.16. The van der Waals surface area contributed by atoms with E-state index in [1.54, 1.807) is 0 Å². The van der Waals surface area contributed by atoms with Crippen LogP contribution in [-0.4, -0.2) is 6.54 Å². The van der Waals surface area contributed by atoms with Gasteiger partial charge in [0.1, 0.15) is 0 Å². The van der Waals surface area contributed by atoms with Crippen LogP contribution < -0.4 is 5.32 Å². The van der Waals surface area contributed by atoms with Crippen molar-refractivity contribution >= 4 is 32.4 Å². The molecule has 2 aromatic rings. The van der Waals surface area contributed by atoms with E-state index in [0.717, 1.165) is 16.9 Å². The van der Waals surface area contributed by atoms with Crippen molar-refractivity contribution in [2.45, 2.75) is 38.5 Å². The summed E-state index contributed by atoms with van der Waals surface area (Å²) in [5.41, 5.74) is 1.25. The predicted octanol–water partition coefficient (Wildman–Crippen LogP) is 5.98. The van der Waals surface area contributed by atoms with Gasteiger partial charge in [0.25, 0.3) is 0 Å². The van der Waals surface area contributed by atoms with Gasteiger partial charge in [0.15, 0.2) is 0 Å². The van der Waals surface area contributed by atoms with E-state index >= 15 is 0 Å². The largest absolute Gasteiger partial charge is 0.385 e. The summed E-state index contributed by atoms with van der Waals surface area (Å²) in [6.45, 7) is 1.13. The average molecular weight is 332 g/mol. The highest BCUT2D eigenvalue weighted by molar-refractivity contribution is 9.10. The minimum Gasteiger partial charge on any atom is -0.385 e. The number of halogens is 1. The second kappa shape index (κ2) is 6.62. The molecule has 0 atom stereocenters. The highest BCUT2D eigenvalue weighted by Crippen LogP contribution is 2.25. The fourth-order valence-corrected chi connectivity index (χ4v) is 3.54. The molecule has 0 aliphatic heterocycles. The second-order valence-electron chi connectivity index (χ2n) is 5.94. The number of anilines is 1. The highest BCUT2D eigenvalue weighted by Gasteiger charge is 2.11. The van der Waals surface area contributed by atoms with Gasteiger partial charge in [-0.2, -0.15) is 0 Å². The molecule has 20 heavy (non-hydrogen) atoms. The van der Waals surface area contributed by atoms with Crippen LogP contribution >= 0.6 is 15.9 Å². The van der Waals surface area contributed by atoms with Gasteiger partial charge in [0.05, 0.1) is 0 Å². The van der Waals surface area contributed by atoms with Crippen LogP contribution in [0.4, 0.5) is 5.69 Å². The van der Waals surface area contributed by atoms with Gasteiger partial charge < -0.3 is 5.32 Å². The Balaban J connectivity index is 1.66. The van der Waals surface area contributed by atoms with Crippen molar-refractivity contribution in [3.63, 3.8) is 0 Å². The van der Waals surface area contributed by atoms with E-state index < -0.39 is 0 Å². The molecule has 3 rings (SSSR count). The van der Waals surface area contributed by atoms with Crippen LogP contribution in [0.5, 0.6) is 0 Å². The zero-order valence-corrected chi connectivity index (χ0v) is 13.5. The molecule has 2 heteroatoms. The Morgan fingerprint density at radius 3 is 2.40 bits per heavy atom. The Labute approximate surface area is 129 Å². The van der Waals surface area contributed by atoms with Gasteiger partial charge in [-0.05, 0) is 53.8 Å². The van der Waals surface area contributed by atoms with Crippen LogP contribution in [0.15, 0.2) is 40.9 Å². The number of nitrogens with one attached hydrogen (secondary N) is 1. The maximum Gasteiger partial charge on any atom is 0.0346 e. The molecule has 1 aliphatic carbocycles. The monoisotopic (exact) mass is 331 g/mol. The topological polar surface area (TPSA) is 12.0 Å². The van der Waals surface area contributed by atoms with E-state index in [4.69, 9.17) is 0 Å². The van der Waals surface area contributed by atoms with Gasteiger partial charge in [-0.25, -0.2) is 0 Å². The number of hydrogen-bond donors (Lipinski definition) is 1. The van der Waals surface area contributed by atoms with Gasteiger partial charge >= 0.3 is 0 Å². The van der Waals surface area contributed by atoms with E-state index in [9.17, 15) is 0 Å². The predicted molar refractivity (Wildman–Crippen MR) is 91.3 cm³/mol. The third-order valence-electron chi connectivity index (χ3n) is 4.37. The number of rotatable bonds is 3. The SMILES string of the molecule is Brc1ccc2cc(NCC3CCCCCC3)ccc2c1. The second-order valence-corrected chi connectivity index (χ2v) is 6.86. The minimum atomic E-state index is 0.859. The summed E-state index contributed by atoms with van der Waals surface area (Å²) >= 11 is 3.53. The summed E-state index contributed by atoms with van der Waals surface area (Å²) < 4.78 is 1.14. The maximum absolute atomic E-state index is 3.64. The Hall–Kier alpha value is -1.02. The lowest BCUT2D eigenvalue weighted by Crippen LogP contribution is -2.13. The minimum absolute atomic E-state index is 0.859. The summed E-state index contributed by atoms with van der Waals surface area (Å²) in [6, 6.07) is 13.1. The molecule has 1 N–H and O–H groups in total. The molecule has 1 saturated carbocycles. The first kappa shape index (κ1) is 13.9. The average Bonchev–Trinajstić information content (AvgIpc) is 2.73. The fraction of sp³-hybridized carbons (Fsp3) is 0.444. The Morgan fingerprint density at radius 2 is 1.60 bits per heavy atom. The third kappa shape index (κ3) is 3.54. The molecule has 1 nitrogen and oxygen atoms in total. The lowest BCUT2D eigenvalue weighted by molar-refractivity contribution is 0.483. The number of fused-ring (bicyclic) bond motifs is 1. The third-order valence-corrected chi connectivity index (χ3v) is 4.87. The molecule has 2 aromatic carbocycles. The van der Waals surface area contributed by atoms with Gasteiger partial charge in [-0.3, -0.25) is 0 Å². The molecule has 0 heterocycles. The molecule has 1 aliphatic rings. The Kier molecular flexibility index (Phi) is 4.62. The van der Waals surface area contributed by atoms with Crippen molar-refractivity contribution < 1.29 is 0 Å². The molecule has 0 unspecified atom stereocenters. The quantitative estimate of drug-likeness (QED) is 0.681. The van der Waals surface area contributed by atoms with Gasteiger partial charge in [-0.1, -0.05) is 53.7 Å². The van der Waals surface area contributed by atoms with E-state index in [-0.39, 0.29) is 0 Å². The molecule has 0 saturated heterocycles. The number of benzene rings is 2. The first-order valence-electron chi connectivity index (χ1n) is 7.74. The molecule has 106 valence electrons. The summed E-state index contributed by atoms with van der Waals surface area (Å²) in [6.07, 6.45) is 8.49. The van der Waals surface area contributed by atoms with Gasteiger partial charge in [0.2, 0.25) is 0 Å². The molecular formula is C18H22BrN.